The summed E-state index contributed by atoms with van der Waals surface area (Å²) in [4.78, 5) is 17.4. The number of rotatable bonds is 8. The van der Waals surface area contributed by atoms with Crippen molar-refractivity contribution in [3.8, 4) is 17.2 Å². The van der Waals surface area contributed by atoms with Gasteiger partial charge < -0.3 is 24.4 Å². The van der Waals surface area contributed by atoms with E-state index in [-0.39, 0.29) is 12.5 Å². The summed E-state index contributed by atoms with van der Waals surface area (Å²) in [6.45, 7) is 3.15. The highest BCUT2D eigenvalue weighted by atomic mass is 16.6. The summed E-state index contributed by atoms with van der Waals surface area (Å²) in [6.07, 6.45) is 0. The van der Waals surface area contributed by atoms with Gasteiger partial charge in [0, 0.05) is 11.3 Å². The molecule has 0 saturated carbocycles. The smallest absolute Gasteiger partial charge is 0.265 e. The number of hydrogen-bond acceptors (Lipinski definition) is 6. The summed E-state index contributed by atoms with van der Waals surface area (Å²) < 4.78 is 16.8. The Labute approximate surface area is 186 Å². The SMILES string of the molecule is CC(=NOCC(=O)Nc1ccc(OCc2ccccc2)cc1)c1ccc2c(c1)OCCO2. The number of nitrogens with zero attached hydrogens (tertiary/aromatic N) is 1. The van der Waals surface area contributed by atoms with Crippen molar-refractivity contribution >= 4 is 17.3 Å². The lowest BCUT2D eigenvalue weighted by Crippen LogP contribution is -2.17. The van der Waals surface area contributed by atoms with Crippen LogP contribution < -0.4 is 19.5 Å². The molecule has 164 valence electrons. The summed E-state index contributed by atoms with van der Waals surface area (Å²) in [7, 11) is 0. The van der Waals surface area contributed by atoms with Crippen LogP contribution >= 0.6 is 0 Å². The van der Waals surface area contributed by atoms with Gasteiger partial charge in [0.1, 0.15) is 25.6 Å². The zero-order chi connectivity index (χ0) is 22.2. The van der Waals surface area contributed by atoms with Gasteiger partial charge in [0.25, 0.3) is 5.91 Å². The first-order chi connectivity index (χ1) is 15.7. The molecule has 1 aliphatic heterocycles. The Morgan fingerprint density at radius 3 is 2.50 bits per heavy atom. The summed E-state index contributed by atoms with van der Waals surface area (Å²) in [6, 6.07) is 22.7. The molecule has 0 spiro atoms. The molecule has 0 saturated heterocycles. The summed E-state index contributed by atoms with van der Waals surface area (Å²) in [5.74, 6) is 1.81. The third-order valence-electron chi connectivity index (χ3n) is 4.74. The molecule has 1 N–H and O–H groups in total. The second-order valence-corrected chi connectivity index (χ2v) is 7.16. The number of carbonyl (C=O) groups excluding carboxylic acids is 1. The highest BCUT2D eigenvalue weighted by molar-refractivity contribution is 5.99. The van der Waals surface area contributed by atoms with Crippen molar-refractivity contribution in [3.05, 3.63) is 83.9 Å². The lowest BCUT2D eigenvalue weighted by atomic mass is 10.1. The molecular formula is C25H24N2O5. The molecule has 0 aromatic heterocycles. The Balaban J connectivity index is 1.24. The van der Waals surface area contributed by atoms with E-state index in [1.54, 1.807) is 19.1 Å². The van der Waals surface area contributed by atoms with Crippen LogP contribution in [0.2, 0.25) is 0 Å². The lowest BCUT2D eigenvalue weighted by Gasteiger charge is -2.18. The zero-order valence-corrected chi connectivity index (χ0v) is 17.7. The minimum absolute atomic E-state index is 0.200. The number of nitrogens with one attached hydrogen (secondary N) is 1. The van der Waals surface area contributed by atoms with E-state index < -0.39 is 0 Å². The van der Waals surface area contributed by atoms with Gasteiger partial charge in [-0.25, -0.2) is 0 Å². The van der Waals surface area contributed by atoms with Gasteiger partial charge in [0.15, 0.2) is 18.1 Å². The van der Waals surface area contributed by atoms with Gasteiger partial charge in [-0.3, -0.25) is 4.79 Å². The van der Waals surface area contributed by atoms with Crippen molar-refractivity contribution in [3.63, 3.8) is 0 Å². The van der Waals surface area contributed by atoms with Gasteiger partial charge in [0.2, 0.25) is 0 Å². The van der Waals surface area contributed by atoms with E-state index in [4.69, 9.17) is 19.0 Å². The highest BCUT2D eigenvalue weighted by Gasteiger charge is 2.13. The second-order valence-electron chi connectivity index (χ2n) is 7.16. The number of benzene rings is 3. The Kier molecular flexibility index (Phi) is 6.87. The van der Waals surface area contributed by atoms with Crippen LogP contribution in [0, 0.1) is 0 Å². The fourth-order valence-corrected chi connectivity index (χ4v) is 3.08. The predicted octanol–water partition coefficient (Wildman–Crippen LogP) is 4.42. The molecular weight excluding hydrogens is 408 g/mol. The van der Waals surface area contributed by atoms with Crippen molar-refractivity contribution in [2.45, 2.75) is 13.5 Å². The number of fused-ring (bicyclic) bond motifs is 1. The number of hydrogen-bond donors (Lipinski definition) is 1. The van der Waals surface area contributed by atoms with Gasteiger partial charge in [-0.15, -0.1) is 0 Å². The molecule has 7 heteroatoms. The van der Waals surface area contributed by atoms with Gasteiger partial charge in [-0.1, -0.05) is 35.5 Å². The predicted molar refractivity (Wildman–Crippen MR) is 121 cm³/mol. The van der Waals surface area contributed by atoms with E-state index in [0.29, 0.717) is 42.7 Å². The fraction of sp³-hybridized carbons (Fsp3) is 0.200. The molecule has 32 heavy (non-hydrogen) atoms. The molecule has 1 heterocycles. The van der Waals surface area contributed by atoms with Crippen LogP contribution in [-0.4, -0.2) is 31.4 Å². The van der Waals surface area contributed by atoms with Crippen LogP contribution in [0.15, 0.2) is 78.0 Å². The first-order valence-corrected chi connectivity index (χ1v) is 10.3. The maximum Gasteiger partial charge on any atom is 0.265 e. The minimum Gasteiger partial charge on any atom is -0.489 e. The van der Waals surface area contributed by atoms with Crippen molar-refractivity contribution in [1.29, 1.82) is 0 Å². The highest BCUT2D eigenvalue weighted by Crippen LogP contribution is 2.30. The maximum atomic E-state index is 12.1. The Morgan fingerprint density at radius 2 is 1.72 bits per heavy atom. The molecule has 4 rings (SSSR count). The van der Waals surface area contributed by atoms with Gasteiger partial charge in [-0.05, 0) is 55.0 Å². The number of carbonyl (C=O) groups is 1. The molecule has 0 atom stereocenters. The molecule has 3 aromatic carbocycles. The van der Waals surface area contributed by atoms with E-state index in [9.17, 15) is 4.79 Å². The van der Waals surface area contributed by atoms with Crippen molar-refractivity contribution < 1.29 is 23.8 Å². The molecule has 1 amide bonds. The number of amides is 1. The molecule has 0 radical (unpaired) electrons. The Bertz CT molecular complexity index is 1080. The largest absolute Gasteiger partial charge is 0.489 e. The first kappa shape index (κ1) is 21.2. The topological polar surface area (TPSA) is 78.4 Å². The normalized spacial score (nSPS) is 12.7. The fourth-order valence-electron chi connectivity index (χ4n) is 3.08. The van der Waals surface area contributed by atoms with E-state index in [1.807, 2.05) is 60.7 Å². The van der Waals surface area contributed by atoms with Crippen molar-refractivity contribution in [2.75, 3.05) is 25.1 Å². The molecule has 3 aromatic rings. The van der Waals surface area contributed by atoms with E-state index in [0.717, 1.165) is 16.9 Å². The average molecular weight is 432 g/mol. The number of oxime groups is 1. The molecule has 0 fully saturated rings. The lowest BCUT2D eigenvalue weighted by molar-refractivity contribution is -0.120. The van der Waals surface area contributed by atoms with Crippen LogP contribution in [0.4, 0.5) is 5.69 Å². The number of anilines is 1. The van der Waals surface area contributed by atoms with Crippen LogP contribution in [0.1, 0.15) is 18.1 Å². The molecule has 0 unspecified atom stereocenters. The Hall–Kier alpha value is -4.00. The summed E-state index contributed by atoms with van der Waals surface area (Å²) in [5.41, 5.74) is 3.21. The van der Waals surface area contributed by atoms with Gasteiger partial charge in [0.05, 0.1) is 5.71 Å². The average Bonchev–Trinajstić information content (AvgIpc) is 2.84. The van der Waals surface area contributed by atoms with Crippen LogP contribution in [-0.2, 0) is 16.2 Å². The van der Waals surface area contributed by atoms with Gasteiger partial charge >= 0.3 is 0 Å². The van der Waals surface area contributed by atoms with Crippen LogP contribution in [0.5, 0.6) is 17.2 Å². The number of ether oxygens (including phenoxy) is 3. The molecule has 7 nitrogen and oxygen atoms in total. The molecule has 1 aliphatic rings. The summed E-state index contributed by atoms with van der Waals surface area (Å²) >= 11 is 0. The van der Waals surface area contributed by atoms with Crippen molar-refractivity contribution in [1.82, 2.24) is 0 Å². The molecule has 0 bridgehead atoms. The first-order valence-electron chi connectivity index (χ1n) is 10.3. The second kappa shape index (κ2) is 10.3. The monoisotopic (exact) mass is 432 g/mol. The summed E-state index contributed by atoms with van der Waals surface area (Å²) in [5, 5.41) is 6.80. The third-order valence-corrected chi connectivity index (χ3v) is 4.74. The maximum absolute atomic E-state index is 12.1. The van der Waals surface area contributed by atoms with Crippen LogP contribution in [0.3, 0.4) is 0 Å². The van der Waals surface area contributed by atoms with Crippen LogP contribution in [0.25, 0.3) is 0 Å². The van der Waals surface area contributed by atoms with E-state index in [1.165, 1.54) is 0 Å². The molecule has 0 aliphatic carbocycles. The quantitative estimate of drug-likeness (QED) is 0.421. The zero-order valence-electron chi connectivity index (χ0n) is 17.7. The van der Waals surface area contributed by atoms with Crippen molar-refractivity contribution in [2.24, 2.45) is 5.16 Å². The van der Waals surface area contributed by atoms with E-state index >= 15 is 0 Å². The third kappa shape index (κ3) is 5.78. The Morgan fingerprint density at radius 1 is 0.969 bits per heavy atom. The van der Waals surface area contributed by atoms with Gasteiger partial charge in [-0.2, -0.15) is 0 Å². The standard InChI is InChI=1S/C25H24N2O5/c1-18(20-7-12-23-24(15-20)30-14-13-29-23)27-32-17-25(28)26-21-8-10-22(11-9-21)31-16-19-5-3-2-4-6-19/h2-12,15H,13-14,16-17H2,1H3,(H,26,28). The minimum atomic E-state index is -0.304. The van der Waals surface area contributed by atoms with E-state index in [2.05, 4.69) is 10.5 Å².